The van der Waals surface area contributed by atoms with Crippen LogP contribution in [0.1, 0.15) is 31.5 Å². The molecule has 1 aromatic rings. The molecule has 0 amide bonds. The number of hydrogen-bond donors (Lipinski definition) is 2. The molecule has 1 aliphatic rings. The summed E-state index contributed by atoms with van der Waals surface area (Å²) in [5, 5.41) is 3.50. The lowest BCUT2D eigenvalue weighted by molar-refractivity contribution is 0.328. The zero-order valence-electron chi connectivity index (χ0n) is 8.53. The fourth-order valence-corrected chi connectivity index (χ4v) is 1.87. The van der Waals surface area contributed by atoms with E-state index >= 15 is 0 Å². The van der Waals surface area contributed by atoms with Crippen molar-refractivity contribution in [2.75, 3.05) is 12.3 Å². The topological polar surface area (TPSA) is 50.9 Å². The van der Waals surface area contributed by atoms with Gasteiger partial charge in [-0.05, 0) is 37.4 Å². The van der Waals surface area contributed by atoms with Gasteiger partial charge in [0.2, 0.25) is 0 Å². The van der Waals surface area contributed by atoms with E-state index in [-0.39, 0.29) is 0 Å². The number of piperidine rings is 1. The number of nitrogens with two attached hydrogens (primary N) is 1. The lowest BCUT2D eigenvalue weighted by Crippen LogP contribution is -2.32. The maximum absolute atomic E-state index is 5.60. The second-order valence-corrected chi connectivity index (χ2v) is 4.16. The molecule has 0 aliphatic carbocycles. The van der Waals surface area contributed by atoms with Gasteiger partial charge in [0.05, 0.1) is 17.6 Å². The van der Waals surface area contributed by atoms with E-state index in [4.69, 9.17) is 5.73 Å². The number of hydrogen-bond acceptors (Lipinski definition) is 3. The molecule has 0 unspecified atom stereocenters. The predicted octanol–water partition coefficient (Wildman–Crippen LogP) is 1.72. The van der Waals surface area contributed by atoms with Gasteiger partial charge in [-0.15, -0.1) is 0 Å². The van der Waals surface area contributed by atoms with Crippen molar-refractivity contribution >= 4 is 5.69 Å². The molecule has 76 valence electrons. The minimum absolute atomic E-state index is 0.423. The molecular formula is C11H17N3. The molecule has 2 heterocycles. The number of pyridine rings is 1. The van der Waals surface area contributed by atoms with Crippen molar-refractivity contribution in [1.82, 2.24) is 10.3 Å². The first kappa shape index (κ1) is 9.46. The van der Waals surface area contributed by atoms with E-state index in [1.165, 1.54) is 12.8 Å². The molecule has 1 aliphatic heterocycles. The SMILES string of the molecule is C[C@@H]1CC[C@@H](c2ccc(N)cn2)NC1. The minimum atomic E-state index is 0.423. The van der Waals surface area contributed by atoms with Crippen molar-refractivity contribution in [3.05, 3.63) is 24.0 Å². The summed E-state index contributed by atoms with van der Waals surface area (Å²) in [6.07, 6.45) is 4.19. The van der Waals surface area contributed by atoms with Crippen LogP contribution in [0.2, 0.25) is 0 Å². The van der Waals surface area contributed by atoms with Crippen LogP contribution in [-0.2, 0) is 0 Å². The van der Waals surface area contributed by atoms with E-state index in [1.54, 1.807) is 6.20 Å². The van der Waals surface area contributed by atoms with E-state index in [9.17, 15) is 0 Å². The van der Waals surface area contributed by atoms with Gasteiger partial charge in [-0.3, -0.25) is 4.98 Å². The minimum Gasteiger partial charge on any atom is -0.397 e. The van der Waals surface area contributed by atoms with E-state index in [0.29, 0.717) is 6.04 Å². The first-order valence-corrected chi connectivity index (χ1v) is 5.20. The van der Waals surface area contributed by atoms with Crippen LogP contribution in [0.3, 0.4) is 0 Å². The number of aromatic nitrogens is 1. The maximum Gasteiger partial charge on any atom is 0.0574 e. The molecule has 2 rings (SSSR count). The molecule has 1 saturated heterocycles. The van der Waals surface area contributed by atoms with Gasteiger partial charge in [-0.1, -0.05) is 6.92 Å². The lowest BCUT2D eigenvalue weighted by Gasteiger charge is -2.27. The Bertz CT molecular complexity index is 286. The Morgan fingerprint density at radius 3 is 2.86 bits per heavy atom. The lowest BCUT2D eigenvalue weighted by atomic mass is 9.94. The Balaban J connectivity index is 2.05. The Morgan fingerprint density at radius 1 is 1.43 bits per heavy atom. The maximum atomic E-state index is 5.60. The zero-order chi connectivity index (χ0) is 9.97. The monoisotopic (exact) mass is 191 g/mol. The van der Waals surface area contributed by atoms with E-state index in [2.05, 4.69) is 17.2 Å². The van der Waals surface area contributed by atoms with Gasteiger partial charge in [-0.2, -0.15) is 0 Å². The Labute approximate surface area is 84.7 Å². The van der Waals surface area contributed by atoms with Gasteiger partial charge in [0.25, 0.3) is 0 Å². The highest BCUT2D eigenvalue weighted by Crippen LogP contribution is 2.24. The van der Waals surface area contributed by atoms with Crippen molar-refractivity contribution in [2.24, 2.45) is 5.92 Å². The van der Waals surface area contributed by atoms with Crippen LogP contribution in [0.4, 0.5) is 5.69 Å². The summed E-state index contributed by atoms with van der Waals surface area (Å²) in [6.45, 7) is 3.37. The van der Waals surface area contributed by atoms with Crippen molar-refractivity contribution in [1.29, 1.82) is 0 Å². The molecule has 1 fully saturated rings. The highest BCUT2D eigenvalue weighted by atomic mass is 15.0. The molecule has 14 heavy (non-hydrogen) atoms. The molecule has 3 nitrogen and oxygen atoms in total. The van der Waals surface area contributed by atoms with E-state index < -0.39 is 0 Å². The second-order valence-electron chi connectivity index (χ2n) is 4.16. The number of rotatable bonds is 1. The number of anilines is 1. The first-order chi connectivity index (χ1) is 6.75. The number of nitrogen functional groups attached to an aromatic ring is 1. The van der Waals surface area contributed by atoms with E-state index in [1.807, 2.05) is 12.1 Å². The number of nitrogens with zero attached hydrogens (tertiary/aromatic N) is 1. The summed E-state index contributed by atoms with van der Waals surface area (Å²) in [6, 6.07) is 4.36. The molecule has 0 radical (unpaired) electrons. The largest absolute Gasteiger partial charge is 0.397 e. The predicted molar refractivity (Wildman–Crippen MR) is 57.8 cm³/mol. The second kappa shape index (κ2) is 3.96. The van der Waals surface area contributed by atoms with Gasteiger partial charge in [0.1, 0.15) is 0 Å². The summed E-state index contributed by atoms with van der Waals surface area (Å²) in [5.41, 5.74) is 7.45. The average molecular weight is 191 g/mol. The molecular weight excluding hydrogens is 174 g/mol. The Kier molecular flexibility index (Phi) is 2.68. The fraction of sp³-hybridized carbons (Fsp3) is 0.545. The molecule has 0 spiro atoms. The smallest absolute Gasteiger partial charge is 0.0574 e. The van der Waals surface area contributed by atoms with Gasteiger partial charge in [-0.25, -0.2) is 0 Å². The van der Waals surface area contributed by atoms with E-state index in [0.717, 1.165) is 23.8 Å². The summed E-state index contributed by atoms with van der Waals surface area (Å²) in [4.78, 5) is 4.34. The summed E-state index contributed by atoms with van der Waals surface area (Å²) in [7, 11) is 0. The Morgan fingerprint density at radius 2 is 2.29 bits per heavy atom. The quantitative estimate of drug-likeness (QED) is 0.710. The van der Waals surface area contributed by atoms with Crippen LogP contribution in [0.15, 0.2) is 18.3 Å². The average Bonchev–Trinajstić information content (AvgIpc) is 2.21. The molecule has 0 aromatic carbocycles. The van der Waals surface area contributed by atoms with Crippen LogP contribution in [0.5, 0.6) is 0 Å². The molecule has 3 heteroatoms. The fourth-order valence-electron chi connectivity index (χ4n) is 1.87. The first-order valence-electron chi connectivity index (χ1n) is 5.20. The van der Waals surface area contributed by atoms with Gasteiger partial charge >= 0.3 is 0 Å². The molecule has 3 N–H and O–H groups in total. The molecule has 0 bridgehead atoms. The Hall–Kier alpha value is -1.09. The standard InChI is InChI=1S/C11H17N3/c1-8-2-4-10(13-6-8)11-5-3-9(12)7-14-11/h3,5,7-8,10,13H,2,4,6,12H2,1H3/t8-,10+/m1/s1. The van der Waals surface area contributed by atoms with Crippen molar-refractivity contribution in [2.45, 2.75) is 25.8 Å². The third-order valence-electron chi connectivity index (χ3n) is 2.83. The van der Waals surface area contributed by atoms with Crippen molar-refractivity contribution in [3.63, 3.8) is 0 Å². The highest BCUT2D eigenvalue weighted by Gasteiger charge is 2.19. The number of nitrogens with one attached hydrogen (secondary N) is 1. The highest BCUT2D eigenvalue weighted by molar-refractivity contribution is 5.35. The normalized spacial score (nSPS) is 27.5. The third-order valence-corrected chi connectivity index (χ3v) is 2.83. The van der Waals surface area contributed by atoms with Gasteiger partial charge in [0.15, 0.2) is 0 Å². The molecule has 1 aromatic heterocycles. The van der Waals surface area contributed by atoms with Crippen LogP contribution in [0.25, 0.3) is 0 Å². The van der Waals surface area contributed by atoms with Gasteiger partial charge < -0.3 is 11.1 Å². The summed E-state index contributed by atoms with van der Waals surface area (Å²) >= 11 is 0. The molecule has 0 saturated carbocycles. The van der Waals surface area contributed by atoms with Crippen molar-refractivity contribution in [3.8, 4) is 0 Å². The zero-order valence-corrected chi connectivity index (χ0v) is 8.53. The summed E-state index contributed by atoms with van der Waals surface area (Å²) < 4.78 is 0. The van der Waals surface area contributed by atoms with Gasteiger partial charge in [0, 0.05) is 6.04 Å². The van der Waals surface area contributed by atoms with Crippen LogP contribution in [0, 0.1) is 5.92 Å². The molecule has 2 atom stereocenters. The van der Waals surface area contributed by atoms with Crippen LogP contribution < -0.4 is 11.1 Å². The van der Waals surface area contributed by atoms with Crippen LogP contribution >= 0.6 is 0 Å². The third kappa shape index (κ3) is 2.04. The summed E-state index contributed by atoms with van der Waals surface area (Å²) in [5.74, 6) is 0.792. The van der Waals surface area contributed by atoms with Crippen molar-refractivity contribution < 1.29 is 0 Å². The van der Waals surface area contributed by atoms with Crippen LogP contribution in [-0.4, -0.2) is 11.5 Å².